The molecule has 5 rings (SSSR count). The van der Waals surface area contributed by atoms with Gasteiger partial charge in [-0.25, -0.2) is 13.8 Å². The molecule has 2 aromatic rings. The second-order valence-corrected chi connectivity index (χ2v) is 10.8. The van der Waals surface area contributed by atoms with Crippen LogP contribution in [-0.4, -0.2) is 43.5 Å². The van der Waals surface area contributed by atoms with Crippen molar-refractivity contribution in [2.45, 2.75) is 64.3 Å². The van der Waals surface area contributed by atoms with Crippen LogP contribution in [0, 0.1) is 6.92 Å². The monoisotopic (exact) mass is 497 g/mol. The van der Waals surface area contributed by atoms with Crippen LogP contribution in [0.2, 0.25) is 0 Å². The SMILES string of the molecule is Cc1nn(C)cc1N(C1CCOCC1)S(=O)(=O)NC(=O)Nc1c2c(cc3c1CCC3)CCC2.[H-].[Na+]. The van der Waals surface area contributed by atoms with Gasteiger partial charge in [-0.1, -0.05) is 6.07 Å². The molecule has 0 radical (unpaired) electrons. The molecular formula is C23H32N5NaO4S. The van der Waals surface area contributed by atoms with Gasteiger partial charge in [-0.15, -0.1) is 0 Å². The van der Waals surface area contributed by atoms with Crippen LogP contribution in [0.5, 0.6) is 0 Å². The van der Waals surface area contributed by atoms with Gasteiger partial charge in [-0.3, -0.25) is 4.68 Å². The summed E-state index contributed by atoms with van der Waals surface area (Å²) in [7, 11) is -2.42. The van der Waals surface area contributed by atoms with Gasteiger partial charge in [0.2, 0.25) is 0 Å². The minimum absolute atomic E-state index is 0. The zero-order valence-electron chi connectivity index (χ0n) is 21.2. The summed E-state index contributed by atoms with van der Waals surface area (Å²) in [4.78, 5) is 13.1. The number of rotatable bonds is 5. The van der Waals surface area contributed by atoms with Gasteiger partial charge in [0.25, 0.3) is 0 Å². The number of carbonyl (C=O) groups is 1. The fraction of sp³-hybridized carbons (Fsp3) is 0.565. The van der Waals surface area contributed by atoms with Crippen molar-refractivity contribution in [1.82, 2.24) is 14.5 Å². The van der Waals surface area contributed by atoms with Gasteiger partial charge < -0.3 is 11.5 Å². The standard InChI is InChI=1S/C23H31N5O4S.Na.H/c1-15-21(14-27(2)25-15)28(18-9-11-32-12-10-18)33(30,31)26-23(29)24-22-19-7-3-5-16(19)13-17-6-4-8-20(17)22;;/h13-14,18H,3-12H2,1-2H3,(H2,24,26,29);;/q;+1;-1. The van der Waals surface area contributed by atoms with Gasteiger partial charge in [0.05, 0.1) is 17.4 Å². The van der Waals surface area contributed by atoms with E-state index in [0.717, 1.165) is 55.3 Å². The molecule has 2 heterocycles. The number of aryl methyl sites for hydroxylation is 4. The normalized spacial score (nSPS) is 17.6. The third kappa shape index (κ3) is 4.88. The largest absolute Gasteiger partial charge is 1.00 e. The summed E-state index contributed by atoms with van der Waals surface area (Å²) >= 11 is 0. The molecule has 0 unspecified atom stereocenters. The second kappa shape index (κ2) is 10.2. The van der Waals surface area contributed by atoms with Crippen LogP contribution in [-0.2, 0) is 47.7 Å². The van der Waals surface area contributed by atoms with Crippen molar-refractivity contribution >= 4 is 27.6 Å². The molecule has 0 saturated carbocycles. The van der Waals surface area contributed by atoms with Crippen molar-refractivity contribution in [3.63, 3.8) is 0 Å². The van der Waals surface area contributed by atoms with E-state index in [1.54, 1.807) is 24.9 Å². The molecule has 0 atom stereocenters. The molecule has 180 valence electrons. The number of fused-ring (bicyclic) bond motifs is 2. The molecule has 2 aliphatic carbocycles. The van der Waals surface area contributed by atoms with Crippen molar-refractivity contribution in [1.29, 1.82) is 0 Å². The summed E-state index contributed by atoms with van der Waals surface area (Å²) < 4.78 is 37.7. The molecular weight excluding hydrogens is 465 g/mol. The fourth-order valence-corrected chi connectivity index (χ4v) is 6.94. The third-order valence-electron chi connectivity index (χ3n) is 6.94. The molecule has 2 amide bonds. The molecule has 1 aliphatic heterocycles. The Morgan fingerprint density at radius 3 is 2.32 bits per heavy atom. The smallest absolute Gasteiger partial charge is 1.00 e. The molecule has 1 aromatic carbocycles. The predicted octanol–water partition coefficient (Wildman–Crippen LogP) is -0.126. The molecule has 0 spiro atoms. The number of benzene rings is 1. The first-order chi connectivity index (χ1) is 15.8. The van der Waals surface area contributed by atoms with Crippen molar-refractivity contribution in [3.8, 4) is 0 Å². The van der Waals surface area contributed by atoms with Crippen molar-refractivity contribution in [2.75, 3.05) is 22.8 Å². The Morgan fingerprint density at radius 2 is 1.76 bits per heavy atom. The van der Waals surface area contributed by atoms with Crippen LogP contribution >= 0.6 is 0 Å². The van der Waals surface area contributed by atoms with Crippen LogP contribution in [0.3, 0.4) is 0 Å². The molecule has 0 bridgehead atoms. The Balaban J connectivity index is 0.00000171. The minimum Gasteiger partial charge on any atom is -1.00 e. The van der Waals surface area contributed by atoms with E-state index in [1.165, 1.54) is 15.4 Å². The number of hydrogen-bond donors (Lipinski definition) is 2. The number of urea groups is 1. The first-order valence-electron chi connectivity index (χ1n) is 11.7. The second-order valence-electron chi connectivity index (χ2n) is 9.21. The molecule has 11 heteroatoms. The Bertz CT molecular complexity index is 1160. The summed E-state index contributed by atoms with van der Waals surface area (Å²) in [6, 6.07) is 1.25. The number of anilines is 2. The van der Waals surface area contributed by atoms with Crippen LogP contribution < -0.4 is 43.9 Å². The zero-order chi connectivity index (χ0) is 23.2. The van der Waals surface area contributed by atoms with E-state index in [-0.39, 0.29) is 37.0 Å². The number of nitrogens with zero attached hydrogens (tertiary/aromatic N) is 3. The van der Waals surface area contributed by atoms with Gasteiger partial charge in [0, 0.05) is 32.1 Å². The van der Waals surface area contributed by atoms with Crippen LogP contribution in [0.15, 0.2) is 12.3 Å². The van der Waals surface area contributed by atoms with E-state index in [9.17, 15) is 13.2 Å². The molecule has 34 heavy (non-hydrogen) atoms. The first-order valence-corrected chi connectivity index (χ1v) is 13.1. The Kier molecular flexibility index (Phi) is 7.64. The maximum Gasteiger partial charge on any atom is 1.00 e. The number of ether oxygens (including phenoxy) is 1. The maximum atomic E-state index is 13.5. The first kappa shape index (κ1) is 25.5. The minimum atomic E-state index is -4.17. The number of carbonyl (C=O) groups excluding carboxylic acids is 1. The van der Waals surface area contributed by atoms with E-state index in [1.807, 2.05) is 0 Å². The average molecular weight is 498 g/mol. The summed E-state index contributed by atoms with van der Waals surface area (Å²) in [6.45, 7) is 2.72. The van der Waals surface area contributed by atoms with Gasteiger partial charge in [0.1, 0.15) is 0 Å². The summed E-state index contributed by atoms with van der Waals surface area (Å²) in [5.74, 6) is 0. The molecule has 1 saturated heterocycles. The van der Waals surface area contributed by atoms with Crippen molar-refractivity contribution in [2.24, 2.45) is 7.05 Å². The molecule has 9 nitrogen and oxygen atoms in total. The predicted molar refractivity (Wildman–Crippen MR) is 127 cm³/mol. The Morgan fingerprint density at radius 1 is 1.15 bits per heavy atom. The average Bonchev–Trinajstić information content (AvgIpc) is 3.48. The molecule has 1 fully saturated rings. The van der Waals surface area contributed by atoms with Crippen LogP contribution in [0.1, 0.15) is 55.1 Å². The van der Waals surface area contributed by atoms with Crippen LogP contribution in [0.4, 0.5) is 16.2 Å². The van der Waals surface area contributed by atoms with Crippen molar-refractivity contribution in [3.05, 3.63) is 40.2 Å². The van der Waals surface area contributed by atoms with E-state index in [4.69, 9.17) is 4.74 Å². The van der Waals surface area contributed by atoms with Gasteiger partial charge in [-0.05, 0) is 80.5 Å². The topological polar surface area (TPSA) is 106 Å². The van der Waals surface area contributed by atoms with E-state index < -0.39 is 16.2 Å². The van der Waals surface area contributed by atoms with E-state index in [2.05, 4.69) is 21.2 Å². The van der Waals surface area contributed by atoms with E-state index in [0.29, 0.717) is 37.4 Å². The summed E-state index contributed by atoms with van der Waals surface area (Å²) in [5.41, 5.74) is 6.77. The van der Waals surface area contributed by atoms with Crippen LogP contribution in [0.25, 0.3) is 0 Å². The third-order valence-corrected chi connectivity index (χ3v) is 8.40. The maximum absolute atomic E-state index is 13.5. The van der Waals surface area contributed by atoms with Gasteiger partial charge in [0.15, 0.2) is 0 Å². The quantitative estimate of drug-likeness (QED) is 0.560. The fourth-order valence-electron chi connectivity index (χ4n) is 5.52. The Hall–Kier alpha value is -1.59. The zero-order valence-corrected chi connectivity index (χ0v) is 23.0. The number of hydrogen-bond acceptors (Lipinski definition) is 5. The molecule has 1 aromatic heterocycles. The van der Waals surface area contributed by atoms with Gasteiger partial charge in [-0.2, -0.15) is 13.5 Å². The number of nitrogens with one attached hydrogen (secondary N) is 2. The number of amides is 2. The Labute approximate surface area is 224 Å². The molecule has 3 aliphatic rings. The summed E-state index contributed by atoms with van der Waals surface area (Å²) in [6.07, 6.45) is 8.74. The van der Waals surface area contributed by atoms with Crippen molar-refractivity contribution < 1.29 is 48.9 Å². The van der Waals surface area contributed by atoms with E-state index >= 15 is 0 Å². The number of aromatic nitrogens is 2. The molecule has 2 N–H and O–H groups in total. The summed E-state index contributed by atoms with van der Waals surface area (Å²) in [5, 5.41) is 7.24. The van der Waals surface area contributed by atoms with Gasteiger partial charge >= 0.3 is 45.8 Å².